The molecule has 0 saturated carbocycles. The number of halogens is 6. The van der Waals surface area contributed by atoms with E-state index in [0.717, 1.165) is 17.0 Å². The summed E-state index contributed by atoms with van der Waals surface area (Å²) in [7, 11) is 0. The summed E-state index contributed by atoms with van der Waals surface area (Å²) in [5.41, 5.74) is 1.15. The maximum atomic E-state index is 13.0. The Morgan fingerprint density at radius 2 is 1.85 bits per heavy atom. The molecule has 11 heteroatoms. The summed E-state index contributed by atoms with van der Waals surface area (Å²) < 4.78 is 82.2. The summed E-state index contributed by atoms with van der Waals surface area (Å²) in [6, 6.07) is 9.35. The molecule has 1 aliphatic heterocycles. The lowest BCUT2D eigenvalue weighted by molar-refractivity contribution is -0.138. The van der Waals surface area contributed by atoms with E-state index in [1.807, 2.05) is 0 Å². The van der Waals surface area contributed by atoms with Gasteiger partial charge in [0, 0.05) is 36.0 Å². The van der Waals surface area contributed by atoms with E-state index in [2.05, 4.69) is 10.2 Å². The maximum absolute atomic E-state index is 13.0. The second-order valence-corrected chi connectivity index (χ2v) is 7.54. The predicted molar refractivity (Wildman–Crippen MR) is 105 cm³/mol. The quantitative estimate of drug-likeness (QED) is 0.480. The predicted octanol–water partition coefficient (Wildman–Crippen LogP) is 5.58. The van der Waals surface area contributed by atoms with Crippen molar-refractivity contribution >= 4 is 5.91 Å². The second kappa shape index (κ2) is 8.45. The van der Waals surface area contributed by atoms with Crippen LogP contribution in [0.4, 0.5) is 26.3 Å². The van der Waals surface area contributed by atoms with Gasteiger partial charge in [-0.15, -0.1) is 0 Å². The van der Waals surface area contributed by atoms with Crippen LogP contribution in [0.3, 0.4) is 0 Å². The van der Waals surface area contributed by atoms with E-state index in [1.165, 1.54) is 30.5 Å². The summed E-state index contributed by atoms with van der Waals surface area (Å²) in [6.07, 6.45) is -8.43. The molecular weight excluding hydrogens is 452 g/mol. The zero-order valence-electron chi connectivity index (χ0n) is 16.9. The standard InChI is InChI=1S/C22H17F6N3O2/c23-21(24,25)6-7-31-11-14-9-17(4-5-18(14)20(31)32)33-12-15-10-29-30-19(15)13-2-1-3-16(8-13)22(26,27)28/h1-5,8-10H,6-7,11-12H2,(H,29,30). The number of fused-ring (bicyclic) bond motifs is 1. The summed E-state index contributed by atoms with van der Waals surface area (Å²) in [6.45, 7) is -0.405. The molecular formula is C22H17F6N3O2. The van der Waals surface area contributed by atoms with Gasteiger partial charge < -0.3 is 9.64 Å². The molecule has 33 heavy (non-hydrogen) atoms. The molecule has 0 saturated heterocycles. The SMILES string of the molecule is O=C1c2ccc(OCc3c[nH]nc3-c3cccc(C(F)(F)F)c3)cc2CN1CCC(F)(F)F. The molecule has 2 heterocycles. The summed E-state index contributed by atoms with van der Waals surface area (Å²) in [4.78, 5) is 13.4. The van der Waals surface area contributed by atoms with E-state index in [0.29, 0.717) is 28.1 Å². The zero-order chi connectivity index (χ0) is 23.8. The Balaban J connectivity index is 1.46. The number of ether oxygens (including phenoxy) is 1. The monoisotopic (exact) mass is 469 g/mol. The minimum atomic E-state index is -4.49. The van der Waals surface area contributed by atoms with Crippen molar-refractivity contribution in [3.63, 3.8) is 0 Å². The first-order valence-corrected chi connectivity index (χ1v) is 9.83. The third-order valence-corrected chi connectivity index (χ3v) is 5.20. The number of hydrogen-bond acceptors (Lipinski definition) is 3. The fourth-order valence-electron chi connectivity index (χ4n) is 3.57. The molecule has 0 fully saturated rings. The van der Waals surface area contributed by atoms with Gasteiger partial charge in [-0.05, 0) is 35.9 Å². The number of carbonyl (C=O) groups excluding carboxylic acids is 1. The first-order chi connectivity index (χ1) is 15.5. The third kappa shape index (κ3) is 5.12. The van der Waals surface area contributed by atoms with Crippen molar-refractivity contribution in [2.75, 3.05) is 6.54 Å². The number of amides is 1. The number of hydrogen-bond donors (Lipinski definition) is 1. The number of benzene rings is 2. The molecule has 0 atom stereocenters. The molecule has 0 unspecified atom stereocenters. The third-order valence-electron chi connectivity index (χ3n) is 5.20. The summed E-state index contributed by atoms with van der Waals surface area (Å²) in [5, 5.41) is 6.64. The number of nitrogens with one attached hydrogen (secondary N) is 1. The first-order valence-electron chi connectivity index (χ1n) is 9.83. The van der Waals surface area contributed by atoms with Crippen molar-refractivity contribution in [1.82, 2.24) is 15.1 Å². The molecule has 174 valence electrons. The molecule has 0 aliphatic carbocycles. The maximum Gasteiger partial charge on any atom is 0.416 e. The van der Waals surface area contributed by atoms with E-state index < -0.39 is 36.8 Å². The van der Waals surface area contributed by atoms with Crippen molar-refractivity contribution in [3.05, 3.63) is 70.9 Å². The minimum absolute atomic E-state index is 0.0212. The van der Waals surface area contributed by atoms with Crippen molar-refractivity contribution < 1.29 is 35.9 Å². The molecule has 1 amide bonds. The van der Waals surface area contributed by atoms with Crippen LogP contribution in [0, 0.1) is 0 Å². The van der Waals surface area contributed by atoms with Gasteiger partial charge in [0.05, 0.1) is 17.7 Å². The lowest BCUT2D eigenvalue weighted by Gasteiger charge is -2.16. The van der Waals surface area contributed by atoms with Crippen LogP contribution in [-0.2, 0) is 19.3 Å². The average Bonchev–Trinajstić information content (AvgIpc) is 3.34. The number of H-pyrrole nitrogens is 1. The number of aromatic amines is 1. The molecule has 1 N–H and O–H groups in total. The Hall–Kier alpha value is -3.50. The summed E-state index contributed by atoms with van der Waals surface area (Å²) >= 11 is 0. The molecule has 1 aliphatic rings. The van der Waals surface area contributed by atoms with Gasteiger partial charge in [-0.3, -0.25) is 9.89 Å². The van der Waals surface area contributed by atoms with Gasteiger partial charge in [0.15, 0.2) is 0 Å². The van der Waals surface area contributed by atoms with Crippen molar-refractivity contribution in [3.8, 4) is 17.0 Å². The molecule has 0 radical (unpaired) electrons. The van der Waals surface area contributed by atoms with E-state index in [9.17, 15) is 31.1 Å². The fraction of sp³-hybridized carbons (Fsp3) is 0.273. The molecule has 2 aromatic carbocycles. The molecule has 4 rings (SSSR count). The van der Waals surface area contributed by atoms with Crippen LogP contribution in [0.15, 0.2) is 48.7 Å². The van der Waals surface area contributed by atoms with Crippen LogP contribution in [0.5, 0.6) is 5.75 Å². The molecule has 3 aromatic rings. The fourth-order valence-corrected chi connectivity index (χ4v) is 3.57. The van der Waals surface area contributed by atoms with Crippen molar-refractivity contribution in [2.45, 2.75) is 31.9 Å². The van der Waals surface area contributed by atoms with Gasteiger partial charge in [0.25, 0.3) is 5.91 Å². The van der Waals surface area contributed by atoms with Crippen molar-refractivity contribution in [1.29, 1.82) is 0 Å². The van der Waals surface area contributed by atoms with E-state index in [4.69, 9.17) is 4.74 Å². The van der Waals surface area contributed by atoms with Gasteiger partial charge in [-0.25, -0.2) is 0 Å². The Labute approximate surface area is 184 Å². The largest absolute Gasteiger partial charge is 0.489 e. The molecule has 5 nitrogen and oxygen atoms in total. The smallest absolute Gasteiger partial charge is 0.416 e. The highest BCUT2D eigenvalue weighted by Crippen LogP contribution is 2.33. The average molecular weight is 469 g/mol. The van der Waals surface area contributed by atoms with Gasteiger partial charge >= 0.3 is 12.4 Å². The van der Waals surface area contributed by atoms with Gasteiger partial charge in [-0.1, -0.05) is 12.1 Å². The lowest BCUT2D eigenvalue weighted by Crippen LogP contribution is -2.28. The normalized spacial score (nSPS) is 14.0. The lowest BCUT2D eigenvalue weighted by atomic mass is 10.1. The molecule has 0 spiro atoms. The Morgan fingerprint density at radius 3 is 2.58 bits per heavy atom. The first kappa shape index (κ1) is 22.7. The Kier molecular flexibility index (Phi) is 5.81. The van der Waals surface area contributed by atoms with Gasteiger partial charge in [-0.2, -0.15) is 31.4 Å². The minimum Gasteiger partial charge on any atom is -0.489 e. The second-order valence-electron chi connectivity index (χ2n) is 7.54. The number of carbonyl (C=O) groups is 1. The van der Waals surface area contributed by atoms with Gasteiger partial charge in [0.1, 0.15) is 12.4 Å². The van der Waals surface area contributed by atoms with E-state index >= 15 is 0 Å². The molecule has 1 aromatic heterocycles. The Bertz CT molecular complexity index is 1170. The van der Waals surface area contributed by atoms with Crippen LogP contribution in [-0.4, -0.2) is 33.7 Å². The van der Waals surface area contributed by atoms with Crippen LogP contribution < -0.4 is 4.74 Å². The highest BCUT2D eigenvalue weighted by molar-refractivity contribution is 5.98. The number of alkyl halides is 6. The van der Waals surface area contributed by atoms with E-state index in [-0.39, 0.29) is 18.7 Å². The van der Waals surface area contributed by atoms with Crippen LogP contribution in [0.25, 0.3) is 11.3 Å². The molecule has 0 bridgehead atoms. The van der Waals surface area contributed by atoms with Crippen LogP contribution >= 0.6 is 0 Å². The number of rotatable bonds is 6. The topological polar surface area (TPSA) is 58.2 Å². The Morgan fingerprint density at radius 1 is 1.06 bits per heavy atom. The van der Waals surface area contributed by atoms with Gasteiger partial charge in [0.2, 0.25) is 0 Å². The zero-order valence-corrected chi connectivity index (χ0v) is 16.9. The van der Waals surface area contributed by atoms with Crippen LogP contribution in [0.2, 0.25) is 0 Å². The number of aromatic nitrogens is 2. The van der Waals surface area contributed by atoms with Crippen LogP contribution in [0.1, 0.15) is 33.5 Å². The van der Waals surface area contributed by atoms with Crippen molar-refractivity contribution in [2.24, 2.45) is 0 Å². The summed E-state index contributed by atoms with van der Waals surface area (Å²) in [5.74, 6) is -0.0992. The van der Waals surface area contributed by atoms with E-state index in [1.54, 1.807) is 6.07 Å². The highest BCUT2D eigenvalue weighted by Gasteiger charge is 2.33. The number of nitrogens with zero attached hydrogens (tertiary/aromatic N) is 2. The highest BCUT2D eigenvalue weighted by atomic mass is 19.4.